The van der Waals surface area contributed by atoms with E-state index in [1.54, 1.807) is 11.8 Å². The summed E-state index contributed by atoms with van der Waals surface area (Å²) in [6.45, 7) is 0.993. The van der Waals surface area contributed by atoms with E-state index in [1.807, 2.05) is 24.3 Å². The molecule has 0 unspecified atom stereocenters. The highest BCUT2D eigenvalue weighted by Gasteiger charge is 2.15. The summed E-state index contributed by atoms with van der Waals surface area (Å²) in [5, 5.41) is 21.2. The van der Waals surface area contributed by atoms with Gasteiger partial charge in [-0.3, -0.25) is 0 Å². The molecule has 1 aromatic heterocycles. The number of nitrogens with two attached hydrogens (primary N) is 1. The Hall–Kier alpha value is -2.02. The van der Waals surface area contributed by atoms with Crippen LogP contribution >= 0.6 is 11.8 Å². The molecular formula is C14H17N5OS. The lowest BCUT2D eigenvalue weighted by Crippen LogP contribution is -2.12. The van der Waals surface area contributed by atoms with E-state index in [2.05, 4.69) is 19.9 Å². The summed E-state index contributed by atoms with van der Waals surface area (Å²) in [6, 6.07) is 7.54. The Bertz CT molecular complexity index is 650. The van der Waals surface area contributed by atoms with Crippen molar-refractivity contribution in [2.45, 2.75) is 42.3 Å². The zero-order valence-corrected chi connectivity index (χ0v) is 12.4. The van der Waals surface area contributed by atoms with Gasteiger partial charge in [-0.25, -0.2) is 0 Å². The molecule has 0 radical (unpaired) electrons. The van der Waals surface area contributed by atoms with Crippen molar-refractivity contribution >= 4 is 17.6 Å². The molecule has 7 heteroatoms. The molecule has 0 saturated carbocycles. The van der Waals surface area contributed by atoms with Gasteiger partial charge in [0.2, 0.25) is 0 Å². The predicted octanol–water partition coefficient (Wildman–Crippen LogP) is 2.25. The van der Waals surface area contributed by atoms with Crippen LogP contribution in [0, 0.1) is 0 Å². The van der Waals surface area contributed by atoms with E-state index in [4.69, 9.17) is 10.9 Å². The fourth-order valence-electron chi connectivity index (χ4n) is 2.39. The van der Waals surface area contributed by atoms with Crippen LogP contribution in [0.25, 0.3) is 0 Å². The molecule has 0 spiro atoms. The lowest BCUT2D eigenvalue weighted by molar-refractivity contribution is 0.318. The van der Waals surface area contributed by atoms with E-state index < -0.39 is 0 Å². The van der Waals surface area contributed by atoms with Gasteiger partial charge in [-0.2, -0.15) is 0 Å². The standard InChI is InChI=1S/C14H17N5OS/c15-13(18-20)10-5-7-11(8-6-10)21-14-17-16-12-4-2-1-3-9-19(12)14/h5-8,20H,1-4,9H2,(H2,15,18). The first-order valence-electron chi connectivity index (χ1n) is 6.96. The Labute approximate surface area is 127 Å². The number of fused-ring (bicyclic) bond motifs is 1. The van der Waals surface area contributed by atoms with Gasteiger partial charge in [0.05, 0.1) is 0 Å². The summed E-state index contributed by atoms with van der Waals surface area (Å²) in [4.78, 5) is 1.06. The molecule has 6 nitrogen and oxygen atoms in total. The van der Waals surface area contributed by atoms with Gasteiger partial charge in [-0.1, -0.05) is 23.7 Å². The van der Waals surface area contributed by atoms with Crippen LogP contribution in [0.2, 0.25) is 0 Å². The molecule has 3 N–H and O–H groups in total. The minimum atomic E-state index is 0.114. The van der Waals surface area contributed by atoms with Gasteiger partial charge in [0, 0.05) is 23.4 Å². The smallest absolute Gasteiger partial charge is 0.196 e. The highest BCUT2D eigenvalue weighted by molar-refractivity contribution is 7.99. The van der Waals surface area contributed by atoms with E-state index >= 15 is 0 Å². The molecule has 110 valence electrons. The maximum absolute atomic E-state index is 8.66. The maximum Gasteiger partial charge on any atom is 0.196 e. The minimum absolute atomic E-state index is 0.114. The van der Waals surface area contributed by atoms with Crippen LogP contribution in [0.4, 0.5) is 0 Å². The third kappa shape index (κ3) is 3.02. The molecule has 0 aliphatic carbocycles. The van der Waals surface area contributed by atoms with Crippen LogP contribution < -0.4 is 5.73 Å². The summed E-state index contributed by atoms with van der Waals surface area (Å²) < 4.78 is 2.22. The molecule has 21 heavy (non-hydrogen) atoms. The van der Waals surface area contributed by atoms with Crippen molar-refractivity contribution in [2.24, 2.45) is 10.9 Å². The lowest BCUT2D eigenvalue weighted by atomic mass is 10.2. The second-order valence-electron chi connectivity index (χ2n) is 4.97. The van der Waals surface area contributed by atoms with Crippen molar-refractivity contribution in [3.05, 3.63) is 35.7 Å². The van der Waals surface area contributed by atoms with Gasteiger partial charge >= 0.3 is 0 Å². The fourth-order valence-corrected chi connectivity index (χ4v) is 3.26. The maximum atomic E-state index is 8.66. The van der Waals surface area contributed by atoms with E-state index in [9.17, 15) is 0 Å². The Morgan fingerprint density at radius 2 is 2.00 bits per heavy atom. The first-order valence-corrected chi connectivity index (χ1v) is 7.77. The highest BCUT2D eigenvalue weighted by Crippen LogP contribution is 2.28. The number of nitrogens with zero attached hydrogens (tertiary/aromatic N) is 4. The molecule has 2 aromatic rings. The SMILES string of the molecule is N/C(=N\O)c1ccc(Sc2nnc3n2CCCCC3)cc1. The molecule has 0 saturated heterocycles. The van der Waals surface area contributed by atoms with Crippen LogP contribution in [-0.2, 0) is 13.0 Å². The predicted molar refractivity (Wildman–Crippen MR) is 80.7 cm³/mol. The fraction of sp³-hybridized carbons (Fsp3) is 0.357. The number of rotatable bonds is 3. The largest absolute Gasteiger partial charge is 0.409 e. The summed E-state index contributed by atoms with van der Waals surface area (Å²) in [7, 11) is 0. The average molecular weight is 303 g/mol. The second-order valence-corrected chi connectivity index (χ2v) is 6.01. The third-order valence-electron chi connectivity index (χ3n) is 3.54. The van der Waals surface area contributed by atoms with Crippen molar-refractivity contribution in [3.8, 4) is 0 Å². The monoisotopic (exact) mass is 303 g/mol. The molecule has 0 atom stereocenters. The molecule has 0 amide bonds. The van der Waals surface area contributed by atoms with Crippen LogP contribution in [0.5, 0.6) is 0 Å². The van der Waals surface area contributed by atoms with E-state index in [1.165, 1.54) is 19.3 Å². The Kier molecular flexibility index (Phi) is 4.10. The average Bonchev–Trinajstić information content (AvgIpc) is 2.75. The highest BCUT2D eigenvalue weighted by atomic mass is 32.2. The number of oxime groups is 1. The molecule has 0 fully saturated rings. The van der Waals surface area contributed by atoms with Gasteiger partial charge in [-0.15, -0.1) is 10.2 Å². The summed E-state index contributed by atoms with van der Waals surface area (Å²) >= 11 is 1.59. The van der Waals surface area contributed by atoms with Gasteiger partial charge in [0.15, 0.2) is 11.0 Å². The van der Waals surface area contributed by atoms with Gasteiger partial charge in [0.1, 0.15) is 5.82 Å². The van der Waals surface area contributed by atoms with Crippen LogP contribution in [-0.4, -0.2) is 25.8 Å². The number of aromatic nitrogens is 3. The van der Waals surface area contributed by atoms with Crippen molar-refractivity contribution in [1.82, 2.24) is 14.8 Å². The molecular weight excluding hydrogens is 286 g/mol. The number of hydrogen-bond donors (Lipinski definition) is 2. The Morgan fingerprint density at radius 3 is 2.76 bits per heavy atom. The van der Waals surface area contributed by atoms with Crippen LogP contribution in [0.1, 0.15) is 30.7 Å². The Morgan fingerprint density at radius 1 is 1.19 bits per heavy atom. The number of hydrogen-bond acceptors (Lipinski definition) is 5. The minimum Gasteiger partial charge on any atom is -0.409 e. The number of aryl methyl sites for hydroxylation is 1. The first-order chi connectivity index (χ1) is 10.3. The zero-order valence-electron chi connectivity index (χ0n) is 11.6. The zero-order chi connectivity index (χ0) is 14.7. The summed E-state index contributed by atoms with van der Waals surface area (Å²) in [5.41, 5.74) is 6.25. The van der Waals surface area contributed by atoms with E-state index in [0.29, 0.717) is 5.56 Å². The number of amidine groups is 1. The van der Waals surface area contributed by atoms with E-state index in [-0.39, 0.29) is 5.84 Å². The summed E-state index contributed by atoms with van der Waals surface area (Å²) in [6.07, 6.45) is 4.64. The lowest BCUT2D eigenvalue weighted by Gasteiger charge is -2.06. The second kappa shape index (κ2) is 6.17. The molecule has 2 heterocycles. The van der Waals surface area contributed by atoms with Gasteiger partial charge in [-0.05, 0) is 36.7 Å². The third-order valence-corrected chi connectivity index (χ3v) is 4.53. The molecule has 1 aliphatic heterocycles. The van der Waals surface area contributed by atoms with Crippen LogP contribution in [0.15, 0.2) is 39.5 Å². The van der Waals surface area contributed by atoms with E-state index in [0.717, 1.165) is 28.8 Å². The molecule has 3 rings (SSSR count). The van der Waals surface area contributed by atoms with Gasteiger partial charge < -0.3 is 15.5 Å². The van der Waals surface area contributed by atoms with Crippen molar-refractivity contribution in [2.75, 3.05) is 0 Å². The normalized spacial score (nSPS) is 15.5. The Balaban J connectivity index is 1.79. The molecule has 1 aromatic carbocycles. The van der Waals surface area contributed by atoms with Crippen molar-refractivity contribution in [1.29, 1.82) is 0 Å². The molecule has 1 aliphatic rings. The topological polar surface area (TPSA) is 89.3 Å². The quantitative estimate of drug-likeness (QED) is 0.393. The van der Waals surface area contributed by atoms with Crippen molar-refractivity contribution < 1.29 is 5.21 Å². The van der Waals surface area contributed by atoms with Crippen LogP contribution in [0.3, 0.4) is 0 Å². The first kappa shape index (κ1) is 13.9. The van der Waals surface area contributed by atoms with Crippen molar-refractivity contribution in [3.63, 3.8) is 0 Å². The van der Waals surface area contributed by atoms with Gasteiger partial charge in [0.25, 0.3) is 0 Å². The molecule has 0 bridgehead atoms. The number of benzene rings is 1. The summed E-state index contributed by atoms with van der Waals surface area (Å²) in [5.74, 6) is 1.20.